The van der Waals surface area contributed by atoms with Crippen molar-refractivity contribution in [1.82, 2.24) is 0 Å². The van der Waals surface area contributed by atoms with E-state index < -0.39 is 0 Å². The molecule has 0 saturated carbocycles. The molecule has 0 spiro atoms. The van der Waals surface area contributed by atoms with Gasteiger partial charge >= 0.3 is 0 Å². The van der Waals surface area contributed by atoms with Crippen molar-refractivity contribution in [1.29, 1.82) is 0 Å². The van der Waals surface area contributed by atoms with Crippen molar-refractivity contribution in [3.05, 3.63) is 0 Å². The summed E-state index contributed by atoms with van der Waals surface area (Å²) in [4.78, 5) is 0. The highest BCUT2D eigenvalue weighted by molar-refractivity contribution is 6.17. The van der Waals surface area contributed by atoms with Gasteiger partial charge in [0.1, 0.15) is 0 Å². The highest BCUT2D eigenvalue weighted by atomic mass is 35.5. The molecule has 0 bridgehead atoms. The number of hydrogen-bond donors (Lipinski definition) is 1. The van der Waals surface area contributed by atoms with Crippen LogP contribution in [0.15, 0.2) is 4.51 Å². The Morgan fingerprint density at radius 3 is 2.75 bits per heavy atom. The lowest BCUT2D eigenvalue weighted by Crippen LogP contribution is -1.97. The van der Waals surface area contributed by atoms with Crippen LogP contribution in [0.4, 0.5) is 0 Å². The van der Waals surface area contributed by atoms with Crippen LogP contribution in [0.5, 0.6) is 0 Å². The monoisotopic (exact) mass is 134 g/mol. The lowest BCUT2D eigenvalue weighted by molar-refractivity contribution is 0.778. The number of halogens is 1. The molecular weight excluding hydrogens is 124 g/mol. The first-order chi connectivity index (χ1) is 3.91. The Bertz CT molecular complexity index is 63.4. The Kier molecular flexibility index (Phi) is 6.85. The number of unbranched alkanes of at least 4 members (excludes halogenated alkanes) is 2. The van der Waals surface area contributed by atoms with E-state index in [4.69, 9.17) is 17.5 Å². The molecule has 0 aliphatic carbocycles. The molecular formula is C5H11ClN2. The van der Waals surface area contributed by atoms with Gasteiger partial charge in [0.15, 0.2) is 0 Å². The van der Waals surface area contributed by atoms with E-state index in [-0.39, 0.29) is 0 Å². The molecule has 48 valence electrons. The van der Waals surface area contributed by atoms with E-state index in [1.54, 1.807) is 6.21 Å². The summed E-state index contributed by atoms with van der Waals surface area (Å²) < 4.78 is 3.31. The summed E-state index contributed by atoms with van der Waals surface area (Å²) in [6.45, 7) is 0.760. The molecule has 0 rings (SSSR count). The number of nitrogens with two attached hydrogens (primary N) is 1. The molecule has 2 nitrogen and oxygen atoms in total. The minimum absolute atomic E-state index is 0.760. The van der Waals surface area contributed by atoms with Crippen molar-refractivity contribution in [2.45, 2.75) is 19.3 Å². The summed E-state index contributed by atoms with van der Waals surface area (Å²) in [6, 6.07) is 0. The Balaban J connectivity index is 2.72. The van der Waals surface area contributed by atoms with Gasteiger partial charge < -0.3 is 5.73 Å². The molecule has 0 unspecified atom stereocenters. The van der Waals surface area contributed by atoms with Gasteiger partial charge in [-0.2, -0.15) is 4.51 Å². The van der Waals surface area contributed by atoms with Crippen LogP contribution < -0.4 is 5.73 Å². The predicted molar refractivity (Wildman–Crippen MR) is 37.3 cm³/mol. The van der Waals surface area contributed by atoms with Gasteiger partial charge in [0.2, 0.25) is 0 Å². The third-order valence-corrected chi connectivity index (χ3v) is 0.994. The minimum atomic E-state index is 0.760. The van der Waals surface area contributed by atoms with Gasteiger partial charge in [-0.05, 0) is 25.8 Å². The van der Waals surface area contributed by atoms with Gasteiger partial charge in [0, 0.05) is 18.0 Å². The summed E-state index contributed by atoms with van der Waals surface area (Å²) >= 11 is 5.02. The zero-order chi connectivity index (χ0) is 6.24. The van der Waals surface area contributed by atoms with Crippen molar-refractivity contribution in [3.8, 4) is 0 Å². The minimum Gasteiger partial charge on any atom is -0.330 e. The topological polar surface area (TPSA) is 38.4 Å². The Morgan fingerprint density at radius 1 is 1.50 bits per heavy atom. The summed E-state index contributed by atoms with van der Waals surface area (Å²) in [5, 5.41) is 0. The first kappa shape index (κ1) is 7.92. The molecule has 0 saturated heterocycles. The van der Waals surface area contributed by atoms with Crippen LogP contribution >= 0.6 is 11.8 Å². The zero-order valence-corrected chi connectivity index (χ0v) is 5.56. The van der Waals surface area contributed by atoms with Crippen LogP contribution in [-0.4, -0.2) is 12.8 Å². The SMILES string of the molecule is NCCCC/C=N/Cl. The Hall–Kier alpha value is -0.0800. The second-order valence-electron chi connectivity index (χ2n) is 1.56. The highest BCUT2D eigenvalue weighted by Crippen LogP contribution is 1.89. The molecule has 0 fully saturated rings. The average molecular weight is 135 g/mol. The fourth-order valence-corrected chi connectivity index (χ4v) is 0.526. The van der Waals surface area contributed by atoms with Crippen molar-refractivity contribution < 1.29 is 0 Å². The largest absolute Gasteiger partial charge is 0.330 e. The lowest BCUT2D eigenvalue weighted by atomic mass is 10.2. The van der Waals surface area contributed by atoms with Gasteiger partial charge in [0.25, 0.3) is 0 Å². The molecule has 0 aliphatic heterocycles. The van der Waals surface area contributed by atoms with Crippen LogP contribution in [-0.2, 0) is 0 Å². The van der Waals surface area contributed by atoms with Gasteiger partial charge in [-0.3, -0.25) is 0 Å². The van der Waals surface area contributed by atoms with E-state index in [1.165, 1.54) is 0 Å². The van der Waals surface area contributed by atoms with Crippen molar-refractivity contribution >= 4 is 18.0 Å². The smallest absolute Gasteiger partial charge is 0.0361 e. The van der Waals surface area contributed by atoms with Crippen LogP contribution in [0, 0.1) is 0 Å². The van der Waals surface area contributed by atoms with Crippen molar-refractivity contribution in [2.75, 3.05) is 6.54 Å². The van der Waals surface area contributed by atoms with Crippen molar-refractivity contribution in [2.24, 2.45) is 10.2 Å². The molecule has 0 amide bonds. The van der Waals surface area contributed by atoms with E-state index in [9.17, 15) is 0 Å². The second-order valence-corrected chi connectivity index (χ2v) is 1.76. The summed E-state index contributed by atoms with van der Waals surface area (Å²) in [6.07, 6.45) is 4.79. The second kappa shape index (κ2) is 6.92. The van der Waals surface area contributed by atoms with Crippen molar-refractivity contribution in [3.63, 3.8) is 0 Å². The fourth-order valence-electron chi connectivity index (χ4n) is 0.429. The lowest BCUT2D eigenvalue weighted by Gasteiger charge is -1.88. The molecule has 0 aromatic rings. The molecule has 2 N–H and O–H groups in total. The van der Waals surface area contributed by atoms with E-state index in [2.05, 4.69) is 4.51 Å². The molecule has 0 heterocycles. The number of nitrogens with zero attached hydrogens (tertiary/aromatic N) is 1. The third kappa shape index (κ3) is 5.92. The van der Waals surface area contributed by atoms with E-state index >= 15 is 0 Å². The number of hydrogen-bond acceptors (Lipinski definition) is 2. The molecule has 0 aromatic carbocycles. The van der Waals surface area contributed by atoms with E-state index in [0.717, 1.165) is 25.8 Å². The van der Waals surface area contributed by atoms with Gasteiger partial charge in [-0.25, -0.2) is 0 Å². The number of rotatable bonds is 4. The molecule has 0 radical (unpaired) electrons. The van der Waals surface area contributed by atoms with Gasteiger partial charge in [-0.15, -0.1) is 0 Å². The molecule has 0 aliphatic rings. The normalized spacial score (nSPS) is 10.8. The van der Waals surface area contributed by atoms with Crippen LogP contribution in [0.25, 0.3) is 0 Å². The summed E-state index contributed by atoms with van der Waals surface area (Å²) in [5.74, 6) is 0. The maximum atomic E-state index is 5.23. The molecule has 8 heavy (non-hydrogen) atoms. The average Bonchev–Trinajstić information content (AvgIpc) is 1.81. The van der Waals surface area contributed by atoms with E-state index in [1.807, 2.05) is 0 Å². The molecule has 3 heteroatoms. The van der Waals surface area contributed by atoms with Gasteiger partial charge in [0.05, 0.1) is 0 Å². The molecule has 0 aromatic heterocycles. The predicted octanol–water partition coefficient (Wildman–Crippen LogP) is 1.34. The maximum Gasteiger partial charge on any atom is 0.0361 e. The van der Waals surface area contributed by atoms with Crippen LogP contribution in [0.3, 0.4) is 0 Å². The standard InChI is InChI=1S/C5H11ClN2/c6-8-5-3-1-2-4-7/h5H,1-4,7H2/b8-5+. The van der Waals surface area contributed by atoms with Crippen LogP contribution in [0.1, 0.15) is 19.3 Å². The van der Waals surface area contributed by atoms with Crippen LogP contribution in [0.2, 0.25) is 0 Å². The first-order valence-corrected chi connectivity index (χ1v) is 3.08. The third-order valence-electron chi connectivity index (χ3n) is 0.856. The Morgan fingerprint density at radius 2 is 2.25 bits per heavy atom. The summed E-state index contributed by atoms with van der Waals surface area (Å²) in [5.41, 5.74) is 5.23. The quantitative estimate of drug-likeness (QED) is 0.458. The highest BCUT2D eigenvalue weighted by Gasteiger charge is 1.79. The van der Waals surface area contributed by atoms with E-state index in [0.29, 0.717) is 0 Å². The zero-order valence-electron chi connectivity index (χ0n) is 4.81. The Labute approximate surface area is 54.8 Å². The fraction of sp³-hybridized carbons (Fsp3) is 0.800. The summed E-state index contributed by atoms with van der Waals surface area (Å²) in [7, 11) is 0. The molecule has 0 atom stereocenters. The van der Waals surface area contributed by atoms with Gasteiger partial charge in [-0.1, -0.05) is 0 Å². The first-order valence-electron chi connectivity index (χ1n) is 2.74. The maximum absolute atomic E-state index is 5.23.